The van der Waals surface area contributed by atoms with Gasteiger partial charge in [-0.15, -0.1) is 0 Å². The maximum absolute atomic E-state index is 5.67. The van der Waals surface area contributed by atoms with Gasteiger partial charge in [0, 0.05) is 14.2 Å². The molecule has 0 aromatic carbocycles. The normalized spacial score (nSPS) is 10.9. The molecule has 0 aromatic rings. The van der Waals surface area contributed by atoms with E-state index in [0.29, 0.717) is 0 Å². The molecule has 0 fully saturated rings. The lowest BCUT2D eigenvalue weighted by atomic mass is 10.8. The molecule has 0 amide bonds. The van der Waals surface area contributed by atoms with E-state index < -0.39 is 7.38 Å². The zero-order chi connectivity index (χ0) is 9.49. The molecule has 70 valence electrons. The predicted octanol–water partition coefficient (Wildman–Crippen LogP) is 2.69. The standard InChI is InChI=1S/C4H10O2.C3H9ClSi/c1-4(5-2)6-3;1-5(2,3)4/h4H,1-3H3;1-3H3. The first-order valence-electron chi connectivity index (χ1n) is 3.55. The van der Waals surface area contributed by atoms with Gasteiger partial charge in [0.2, 0.25) is 0 Å². The van der Waals surface area contributed by atoms with E-state index in [4.69, 9.17) is 11.1 Å². The Labute approximate surface area is 75.6 Å². The van der Waals surface area contributed by atoms with Crippen molar-refractivity contribution in [2.75, 3.05) is 14.2 Å². The Balaban J connectivity index is 0. The van der Waals surface area contributed by atoms with Crippen LogP contribution in [0, 0.1) is 0 Å². The van der Waals surface area contributed by atoms with Gasteiger partial charge in [0.1, 0.15) is 7.38 Å². The molecule has 0 N–H and O–H groups in total. The number of rotatable bonds is 2. The molecule has 0 atom stereocenters. The van der Waals surface area contributed by atoms with Crippen molar-refractivity contribution in [3.8, 4) is 0 Å². The maximum atomic E-state index is 5.67. The molecule has 0 aliphatic heterocycles. The average Bonchev–Trinajstić information content (AvgIpc) is 1.83. The molecule has 0 bridgehead atoms. The lowest BCUT2D eigenvalue weighted by molar-refractivity contribution is -0.0877. The second-order valence-corrected chi connectivity index (χ2v) is 10.6. The van der Waals surface area contributed by atoms with Crippen LogP contribution in [0.25, 0.3) is 0 Å². The second kappa shape index (κ2) is 7.10. The van der Waals surface area contributed by atoms with E-state index in [9.17, 15) is 0 Å². The summed E-state index contributed by atoms with van der Waals surface area (Å²) in [5.74, 6) is 0. The lowest BCUT2D eigenvalue weighted by Gasteiger charge is -2.03. The molecule has 0 unspecified atom stereocenters. The third-order valence-corrected chi connectivity index (χ3v) is 0.664. The molecule has 0 rings (SSSR count). The number of halogens is 1. The van der Waals surface area contributed by atoms with Gasteiger partial charge in [-0.1, -0.05) is 19.6 Å². The van der Waals surface area contributed by atoms with Crippen LogP contribution in [0.15, 0.2) is 0 Å². The summed E-state index contributed by atoms with van der Waals surface area (Å²) in [5, 5.41) is 0. The number of methoxy groups -OCH3 is 2. The van der Waals surface area contributed by atoms with Crippen LogP contribution >= 0.6 is 11.1 Å². The minimum absolute atomic E-state index is 0.0648. The molecule has 0 saturated heterocycles. The molecule has 0 radical (unpaired) electrons. The SMILES string of the molecule is COC(C)OC.C[Si](C)(C)Cl. The Morgan fingerprint density at radius 2 is 1.27 bits per heavy atom. The summed E-state index contributed by atoms with van der Waals surface area (Å²) in [4.78, 5) is 0. The molecule has 0 spiro atoms. The van der Waals surface area contributed by atoms with Crippen LogP contribution in [0.2, 0.25) is 19.6 Å². The molecule has 11 heavy (non-hydrogen) atoms. The van der Waals surface area contributed by atoms with Crippen LogP contribution in [0.4, 0.5) is 0 Å². The van der Waals surface area contributed by atoms with Crippen molar-refractivity contribution < 1.29 is 9.47 Å². The van der Waals surface area contributed by atoms with E-state index >= 15 is 0 Å². The molecule has 0 aromatic heterocycles. The smallest absolute Gasteiger partial charge is 0.154 e. The van der Waals surface area contributed by atoms with Crippen molar-refractivity contribution in [3.05, 3.63) is 0 Å². The minimum Gasteiger partial charge on any atom is -0.356 e. The number of ether oxygens (including phenoxy) is 2. The van der Waals surface area contributed by atoms with Gasteiger partial charge in [0.05, 0.1) is 0 Å². The van der Waals surface area contributed by atoms with Crippen molar-refractivity contribution in [2.24, 2.45) is 0 Å². The monoisotopic (exact) mass is 198 g/mol. The first-order chi connectivity index (χ1) is 4.81. The largest absolute Gasteiger partial charge is 0.356 e. The van der Waals surface area contributed by atoms with Crippen LogP contribution in [0.1, 0.15) is 6.92 Å². The molecule has 0 saturated carbocycles. The van der Waals surface area contributed by atoms with Gasteiger partial charge in [0.25, 0.3) is 0 Å². The Bertz CT molecular complexity index is 73.0. The molecule has 4 heteroatoms. The van der Waals surface area contributed by atoms with Gasteiger partial charge >= 0.3 is 0 Å². The van der Waals surface area contributed by atoms with Crippen LogP contribution in [-0.2, 0) is 9.47 Å². The highest BCUT2D eigenvalue weighted by atomic mass is 35.6. The van der Waals surface area contributed by atoms with Crippen LogP contribution in [0.5, 0.6) is 0 Å². The fraction of sp³-hybridized carbons (Fsp3) is 1.00. The highest BCUT2D eigenvalue weighted by Crippen LogP contribution is 2.03. The van der Waals surface area contributed by atoms with Gasteiger partial charge in [-0.25, -0.2) is 0 Å². The van der Waals surface area contributed by atoms with E-state index in [1.165, 1.54) is 0 Å². The highest BCUT2D eigenvalue weighted by molar-refractivity contribution is 7.18. The third kappa shape index (κ3) is 37.8. The summed E-state index contributed by atoms with van der Waals surface area (Å²) in [5.41, 5.74) is 0. The van der Waals surface area contributed by atoms with Crippen LogP contribution in [-0.4, -0.2) is 27.9 Å². The van der Waals surface area contributed by atoms with E-state index in [1.54, 1.807) is 14.2 Å². The first-order valence-corrected chi connectivity index (χ1v) is 8.07. The Morgan fingerprint density at radius 1 is 1.09 bits per heavy atom. The first kappa shape index (κ1) is 14.0. The number of hydrogen-bond acceptors (Lipinski definition) is 2. The summed E-state index contributed by atoms with van der Waals surface area (Å²) in [6.07, 6.45) is -0.0648. The summed E-state index contributed by atoms with van der Waals surface area (Å²) in [7, 11) is 2.07. The zero-order valence-electron chi connectivity index (χ0n) is 8.27. The minimum atomic E-state index is -1.14. The molecule has 0 aliphatic carbocycles. The van der Waals surface area contributed by atoms with Gasteiger partial charge in [-0.2, -0.15) is 11.1 Å². The van der Waals surface area contributed by atoms with Crippen molar-refractivity contribution in [1.82, 2.24) is 0 Å². The molecular weight excluding hydrogens is 180 g/mol. The van der Waals surface area contributed by atoms with Crippen molar-refractivity contribution >= 4 is 18.5 Å². The van der Waals surface area contributed by atoms with Crippen molar-refractivity contribution in [2.45, 2.75) is 32.9 Å². The Morgan fingerprint density at radius 3 is 1.27 bits per heavy atom. The van der Waals surface area contributed by atoms with Crippen molar-refractivity contribution in [1.29, 1.82) is 0 Å². The molecule has 2 nitrogen and oxygen atoms in total. The van der Waals surface area contributed by atoms with Crippen molar-refractivity contribution in [3.63, 3.8) is 0 Å². The Kier molecular flexibility index (Phi) is 9.02. The van der Waals surface area contributed by atoms with Gasteiger partial charge in [0.15, 0.2) is 6.29 Å². The van der Waals surface area contributed by atoms with Gasteiger partial charge < -0.3 is 9.47 Å². The van der Waals surface area contributed by atoms with Gasteiger partial charge in [-0.05, 0) is 6.92 Å². The van der Waals surface area contributed by atoms with E-state index in [2.05, 4.69) is 29.1 Å². The van der Waals surface area contributed by atoms with E-state index in [0.717, 1.165) is 0 Å². The summed E-state index contributed by atoms with van der Waals surface area (Å²) >= 11 is 5.67. The summed E-state index contributed by atoms with van der Waals surface area (Å²) in [6.45, 7) is 8.11. The molecular formula is C7H19ClO2Si. The Hall–Kier alpha value is 0.427. The predicted molar refractivity (Wildman–Crippen MR) is 52.7 cm³/mol. The fourth-order valence-electron chi connectivity index (χ4n) is 0.0962. The van der Waals surface area contributed by atoms with E-state index in [1.807, 2.05) is 6.92 Å². The summed E-state index contributed by atoms with van der Waals surface area (Å²) < 4.78 is 9.35. The second-order valence-electron chi connectivity index (χ2n) is 3.11. The van der Waals surface area contributed by atoms with Crippen LogP contribution < -0.4 is 0 Å². The van der Waals surface area contributed by atoms with E-state index in [-0.39, 0.29) is 6.29 Å². The van der Waals surface area contributed by atoms with Gasteiger partial charge in [-0.3, -0.25) is 0 Å². The zero-order valence-corrected chi connectivity index (χ0v) is 10.0. The average molecular weight is 199 g/mol. The summed E-state index contributed by atoms with van der Waals surface area (Å²) in [6, 6.07) is 0. The lowest BCUT2D eigenvalue weighted by Crippen LogP contribution is -2.06. The maximum Gasteiger partial charge on any atom is 0.154 e. The molecule has 0 heterocycles. The highest BCUT2D eigenvalue weighted by Gasteiger charge is 2.04. The molecule has 0 aliphatic rings. The third-order valence-electron chi connectivity index (χ3n) is 0.664. The topological polar surface area (TPSA) is 18.5 Å². The fourth-order valence-corrected chi connectivity index (χ4v) is 0.0962. The van der Waals surface area contributed by atoms with Crippen LogP contribution in [0.3, 0.4) is 0 Å². The quantitative estimate of drug-likeness (QED) is 0.386. The number of hydrogen-bond donors (Lipinski definition) is 0.